The van der Waals surface area contributed by atoms with Crippen molar-refractivity contribution in [3.05, 3.63) is 29.2 Å². The van der Waals surface area contributed by atoms with Gasteiger partial charge in [-0.1, -0.05) is 11.8 Å². The Morgan fingerprint density at radius 1 is 1.42 bits per heavy atom. The van der Waals surface area contributed by atoms with Gasteiger partial charge in [0.2, 0.25) is 0 Å². The van der Waals surface area contributed by atoms with E-state index >= 15 is 0 Å². The normalized spacial score (nSPS) is 19.9. The standard InChI is InChI=1S/C11H11N/c1-12-9-4-2-3-6-10-7-5-8-11(10)12/h7-8H,2,4,9H2,1H3. The zero-order chi connectivity index (χ0) is 8.39. The first kappa shape index (κ1) is 7.28. The van der Waals surface area contributed by atoms with E-state index in [1.165, 1.54) is 5.70 Å². The third-order valence-corrected chi connectivity index (χ3v) is 2.15. The molecular formula is C11H11N. The Hall–Kier alpha value is -1.38. The van der Waals surface area contributed by atoms with Crippen molar-refractivity contribution in [3.63, 3.8) is 0 Å². The van der Waals surface area contributed by atoms with Crippen LogP contribution in [0.2, 0.25) is 0 Å². The van der Waals surface area contributed by atoms with Gasteiger partial charge in [-0.15, -0.1) is 5.73 Å². The molecule has 0 radical (unpaired) electrons. The third-order valence-electron chi connectivity index (χ3n) is 2.15. The minimum atomic E-state index is 1.01. The maximum atomic E-state index is 3.15. The van der Waals surface area contributed by atoms with Gasteiger partial charge in [-0.05, 0) is 12.5 Å². The van der Waals surface area contributed by atoms with Crippen molar-refractivity contribution in [2.45, 2.75) is 12.8 Å². The molecule has 2 aliphatic rings. The molecule has 2 rings (SSSR count). The van der Waals surface area contributed by atoms with Gasteiger partial charge in [-0.25, -0.2) is 0 Å². The number of rotatable bonds is 0. The highest BCUT2D eigenvalue weighted by Crippen LogP contribution is 2.17. The molecule has 0 fully saturated rings. The van der Waals surface area contributed by atoms with Crippen molar-refractivity contribution in [1.29, 1.82) is 0 Å². The van der Waals surface area contributed by atoms with Crippen LogP contribution in [-0.2, 0) is 0 Å². The fourth-order valence-electron chi connectivity index (χ4n) is 1.45. The number of nitrogens with zero attached hydrogens (tertiary/aromatic N) is 1. The molecule has 1 aliphatic heterocycles. The summed E-state index contributed by atoms with van der Waals surface area (Å²) < 4.78 is 0. The summed E-state index contributed by atoms with van der Waals surface area (Å²) in [6.07, 6.45) is 6.14. The molecule has 0 atom stereocenters. The van der Waals surface area contributed by atoms with Crippen LogP contribution in [0.15, 0.2) is 29.2 Å². The largest absolute Gasteiger partial charge is 0.373 e. The quantitative estimate of drug-likeness (QED) is 0.382. The highest BCUT2D eigenvalue weighted by molar-refractivity contribution is 5.49. The minimum Gasteiger partial charge on any atom is -0.373 e. The lowest BCUT2D eigenvalue weighted by Crippen LogP contribution is -2.19. The fourth-order valence-corrected chi connectivity index (χ4v) is 1.45. The molecule has 60 valence electrons. The Bertz CT molecular complexity index is 343. The van der Waals surface area contributed by atoms with Crippen molar-refractivity contribution in [3.8, 4) is 11.8 Å². The van der Waals surface area contributed by atoms with E-state index in [2.05, 4.69) is 29.5 Å². The molecule has 0 unspecified atom stereocenters. The van der Waals surface area contributed by atoms with E-state index in [4.69, 9.17) is 0 Å². The van der Waals surface area contributed by atoms with Crippen LogP contribution in [0.4, 0.5) is 0 Å². The van der Waals surface area contributed by atoms with E-state index in [9.17, 15) is 0 Å². The van der Waals surface area contributed by atoms with Crippen molar-refractivity contribution in [2.75, 3.05) is 13.6 Å². The van der Waals surface area contributed by atoms with Crippen LogP contribution in [-0.4, -0.2) is 18.5 Å². The van der Waals surface area contributed by atoms with Gasteiger partial charge in [0.15, 0.2) is 0 Å². The lowest BCUT2D eigenvalue weighted by molar-refractivity contribution is 0.421. The molecular weight excluding hydrogens is 146 g/mol. The predicted octanol–water partition coefficient (Wildman–Crippen LogP) is 1.69. The van der Waals surface area contributed by atoms with E-state index < -0.39 is 0 Å². The monoisotopic (exact) mass is 157 g/mol. The SMILES string of the molecule is CN1CCCC#CC2=C1C=C=C2. The van der Waals surface area contributed by atoms with E-state index in [0.29, 0.717) is 0 Å². The van der Waals surface area contributed by atoms with Crippen LogP contribution in [0, 0.1) is 11.8 Å². The van der Waals surface area contributed by atoms with E-state index in [-0.39, 0.29) is 0 Å². The molecule has 1 heterocycles. The van der Waals surface area contributed by atoms with Crippen LogP contribution in [0.3, 0.4) is 0 Å². The molecule has 12 heavy (non-hydrogen) atoms. The van der Waals surface area contributed by atoms with Gasteiger partial charge in [0.05, 0.1) is 11.3 Å². The van der Waals surface area contributed by atoms with Crippen molar-refractivity contribution in [1.82, 2.24) is 4.90 Å². The molecule has 0 bridgehead atoms. The van der Waals surface area contributed by atoms with E-state index in [1.54, 1.807) is 0 Å². The van der Waals surface area contributed by atoms with Gasteiger partial charge in [0, 0.05) is 26.1 Å². The first-order valence-corrected chi connectivity index (χ1v) is 4.25. The van der Waals surface area contributed by atoms with Gasteiger partial charge in [-0.2, -0.15) is 0 Å². The summed E-state index contributed by atoms with van der Waals surface area (Å²) in [6.45, 7) is 1.10. The molecule has 0 aromatic rings. The zero-order valence-corrected chi connectivity index (χ0v) is 7.22. The van der Waals surface area contributed by atoms with Crippen LogP contribution in [0.1, 0.15) is 12.8 Å². The number of likely N-dealkylation sites (N-methyl/N-ethyl adjacent to an activating group) is 1. The molecule has 1 aliphatic carbocycles. The van der Waals surface area contributed by atoms with E-state index in [1.807, 2.05) is 12.2 Å². The smallest absolute Gasteiger partial charge is 0.0607 e. The molecule has 0 N–H and O–H groups in total. The molecule has 0 aromatic carbocycles. The Labute approximate surface area is 73.1 Å². The minimum absolute atomic E-state index is 1.01. The Morgan fingerprint density at radius 2 is 2.33 bits per heavy atom. The van der Waals surface area contributed by atoms with Gasteiger partial charge < -0.3 is 4.90 Å². The van der Waals surface area contributed by atoms with Gasteiger partial charge >= 0.3 is 0 Å². The fraction of sp³-hybridized carbons (Fsp3) is 0.364. The van der Waals surface area contributed by atoms with Crippen molar-refractivity contribution >= 4 is 0 Å². The lowest BCUT2D eigenvalue weighted by atomic mass is 10.1. The number of hydrogen-bond donors (Lipinski definition) is 0. The summed E-state index contributed by atoms with van der Waals surface area (Å²) in [5.41, 5.74) is 5.43. The first-order valence-electron chi connectivity index (χ1n) is 4.25. The summed E-state index contributed by atoms with van der Waals surface area (Å²) in [5.74, 6) is 6.31. The van der Waals surface area contributed by atoms with Gasteiger partial charge in [-0.3, -0.25) is 0 Å². The second kappa shape index (κ2) is 2.93. The molecule has 1 nitrogen and oxygen atoms in total. The molecule has 1 heteroatoms. The van der Waals surface area contributed by atoms with Crippen LogP contribution in [0.25, 0.3) is 0 Å². The Balaban J connectivity index is 2.37. The zero-order valence-electron chi connectivity index (χ0n) is 7.22. The third kappa shape index (κ3) is 1.18. The summed E-state index contributed by atoms with van der Waals surface area (Å²) >= 11 is 0. The average molecular weight is 157 g/mol. The second-order valence-corrected chi connectivity index (χ2v) is 3.08. The van der Waals surface area contributed by atoms with Gasteiger partial charge in [0.1, 0.15) is 0 Å². The highest BCUT2D eigenvalue weighted by atomic mass is 15.1. The summed E-state index contributed by atoms with van der Waals surface area (Å²) in [5, 5.41) is 0. The summed E-state index contributed by atoms with van der Waals surface area (Å²) in [7, 11) is 2.11. The lowest BCUT2D eigenvalue weighted by Gasteiger charge is -2.20. The molecule has 0 saturated carbocycles. The number of allylic oxidation sites excluding steroid dienone is 2. The predicted molar refractivity (Wildman–Crippen MR) is 49.3 cm³/mol. The maximum absolute atomic E-state index is 3.15. The first-order chi connectivity index (χ1) is 5.88. The summed E-state index contributed by atoms with van der Waals surface area (Å²) in [6, 6.07) is 0. The van der Waals surface area contributed by atoms with Crippen LogP contribution < -0.4 is 0 Å². The molecule has 0 amide bonds. The maximum Gasteiger partial charge on any atom is 0.0607 e. The Kier molecular flexibility index (Phi) is 1.78. The van der Waals surface area contributed by atoms with Crippen LogP contribution >= 0.6 is 0 Å². The molecule has 0 spiro atoms. The second-order valence-electron chi connectivity index (χ2n) is 3.08. The van der Waals surface area contributed by atoms with Gasteiger partial charge in [0.25, 0.3) is 0 Å². The summed E-state index contributed by atoms with van der Waals surface area (Å²) in [4.78, 5) is 2.25. The van der Waals surface area contributed by atoms with Crippen molar-refractivity contribution < 1.29 is 0 Å². The number of hydrogen-bond acceptors (Lipinski definition) is 1. The highest BCUT2D eigenvalue weighted by Gasteiger charge is 2.09. The van der Waals surface area contributed by atoms with Crippen molar-refractivity contribution in [2.24, 2.45) is 0 Å². The topological polar surface area (TPSA) is 3.24 Å². The average Bonchev–Trinajstić information content (AvgIpc) is 2.47. The van der Waals surface area contributed by atoms with E-state index in [0.717, 1.165) is 25.0 Å². The van der Waals surface area contributed by atoms with Crippen LogP contribution in [0.5, 0.6) is 0 Å². The molecule has 0 aromatic heterocycles. The molecule has 0 saturated heterocycles. The Morgan fingerprint density at radius 3 is 3.25 bits per heavy atom.